The van der Waals surface area contributed by atoms with Crippen molar-refractivity contribution in [2.45, 2.75) is 12.6 Å². The van der Waals surface area contributed by atoms with Crippen LogP contribution in [0.5, 0.6) is 5.75 Å². The van der Waals surface area contributed by atoms with Gasteiger partial charge in [-0.2, -0.15) is 0 Å². The lowest BCUT2D eigenvalue weighted by molar-refractivity contribution is 0.152. The number of hydrogen-bond acceptors (Lipinski definition) is 4. The predicted molar refractivity (Wildman–Crippen MR) is 83.3 cm³/mol. The summed E-state index contributed by atoms with van der Waals surface area (Å²) in [5.41, 5.74) is 1.28. The minimum absolute atomic E-state index is 0.377. The van der Waals surface area contributed by atoms with Gasteiger partial charge in [-0.15, -0.1) is 11.3 Å². The van der Waals surface area contributed by atoms with Crippen LogP contribution >= 0.6 is 11.3 Å². The number of ether oxygens (including phenoxy) is 1. The molecule has 1 unspecified atom stereocenters. The second-order valence-corrected chi connectivity index (χ2v) is 6.04. The minimum atomic E-state index is 0.377. The molecule has 0 saturated carbocycles. The summed E-state index contributed by atoms with van der Waals surface area (Å²) in [7, 11) is 1.75. The van der Waals surface area contributed by atoms with Gasteiger partial charge < -0.3 is 10.1 Å². The third-order valence-electron chi connectivity index (χ3n) is 3.79. The maximum atomic E-state index is 5.53. The average Bonchev–Trinajstić information content (AvgIpc) is 3.01. The molecule has 0 spiro atoms. The van der Waals surface area contributed by atoms with Crippen LogP contribution in [0.2, 0.25) is 0 Å². The number of piperazine rings is 1. The molecule has 2 heterocycles. The molecule has 1 N–H and O–H groups in total. The SMILES string of the molecule is COc1ccccc1C1CNCCN1Cc1cccs1. The Bertz CT molecular complexity index is 541. The van der Waals surface area contributed by atoms with Crippen molar-refractivity contribution < 1.29 is 4.74 Å². The molecule has 0 radical (unpaired) electrons. The molecule has 1 aliphatic heterocycles. The molecule has 3 nitrogen and oxygen atoms in total. The van der Waals surface area contributed by atoms with Crippen LogP contribution in [-0.4, -0.2) is 31.6 Å². The van der Waals surface area contributed by atoms with Crippen molar-refractivity contribution >= 4 is 11.3 Å². The highest BCUT2D eigenvalue weighted by Gasteiger charge is 2.26. The van der Waals surface area contributed by atoms with Crippen molar-refractivity contribution in [2.24, 2.45) is 0 Å². The van der Waals surface area contributed by atoms with E-state index in [0.29, 0.717) is 6.04 Å². The van der Waals surface area contributed by atoms with Crippen LogP contribution in [0.1, 0.15) is 16.5 Å². The number of benzene rings is 1. The molecule has 1 saturated heterocycles. The first kappa shape index (κ1) is 13.6. The molecule has 0 bridgehead atoms. The Hall–Kier alpha value is -1.36. The molecule has 1 aromatic heterocycles. The van der Waals surface area contributed by atoms with E-state index >= 15 is 0 Å². The third-order valence-corrected chi connectivity index (χ3v) is 4.65. The van der Waals surface area contributed by atoms with E-state index < -0.39 is 0 Å². The Kier molecular flexibility index (Phi) is 4.35. The lowest BCUT2D eigenvalue weighted by atomic mass is 10.0. The maximum Gasteiger partial charge on any atom is 0.123 e. The van der Waals surface area contributed by atoms with Crippen LogP contribution in [0.15, 0.2) is 41.8 Å². The first-order valence-electron chi connectivity index (χ1n) is 6.98. The molecular weight excluding hydrogens is 268 g/mol. The number of hydrogen-bond donors (Lipinski definition) is 1. The number of para-hydroxylation sites is 1. The van der Waals surface area contributed by atoms with Gasteiger partial charge in [0.15, 0.2) is 0 Å². The van der Waals surface area contributed by atoms with Gasteiger partial charge in [-0.05, 0) is 17.5 Å². The monoisotopic (exact) mass is 288 g/mol. The van der Waals surface area contributed by atoms with Crippen molar-refractivity contribution in [1.29, 1.82) is 0 Å². The summed E-state index contributed by atoms with van der Waals surface area (Å²) in [6.07, 6.45) is 0. The molecule has 3 rings (SSSR count). The fourth-order valence-electron chi connectivity index (χ4n) is 2.79. The van der Waals surface area contributed by atoms with Gasteiger partial charge in [0.05, 0.1) is 13.2 Å². The summed E-state index contributed by atoms with van der Waals surface area (Å²) < 4.78 is 5.53. The number of thiophene rings is 1. The zero-order chi connectivity index (χ0) is 13.8. The highest BCUT2D eigenvalue weighted by atomic mass is 32.1. The van der Waals surface area contributed by atoms with Crippen molar-refractivity contribution in [3.05, 3.63) is 52.2 Å². The van der Waals surface area contributed by atoms with Gasteiger partial charge in [0.1, 0.15) is 5.75 Å². The fourth-order valence-corrected chi connectivity index (χ4v) is 3.52. The molecule has 0 amide bonds. The number of nitrogens with one attached hydrogen (secondary N) is 1. The van der Waals surface area contributed by atoms with Crippen LogP contribution in [0.4, 0.5) is 0 Å². The summed E-state index contributed by atoms with van der Waals surface area (Å²) in [6.45, 7) is 4.12. The minimum Gasteiger partial charge on any atom is -0.496 e. The number of nitrogens with zero attached hydrogens (tertiary/aromatic N) is 1. The van der Waals surface area contributed by atoms with E-state index in [2.05, 4.69) is 39.9 Å². The molecule has 1 atom stereocenters. The van der Waals surface area contributed by atoms with Crippen molar-refractivity contribution in [2.75, 3.05) is 26.7 Å². The van der Waals surface area contributed by atoms with E-state index in [1.807, 2.05) is 23.5 Å². The Labute approximate surface area is 124 Å². The van der Waals surface area contributed by atoms with Crippen LogP contribution in [-0.2, 0) is 6.54 Å². The smallest absolute Gasteiger partial charge is 0.123 e. The molecule has 1 aromatic carbocycles. The number of methoxy groups -OCH3 is 1. The third kappa shape index (κ3) is 2.87. The molecule has 4 heteroatoms. The average molecular weight is 288 g/mol. The van der Waals surface area contributed by atoms with E-state index in [4.69, 9.17) is 4.74 Å². The highest BCUT2D eigenvalue weighted by molar-refractivity contribution is 7.09. The Morgan fingerprint density at radius 3 is 3.00 bits per heavy atom. The van der Waals surface area contributed by atoms with Crippen molar-refractivity contribution in [1.82, 2.24) is 10.2 Å². The lowest BCUT2D eigenvalue weighted by Crippen LogP contribution is -2.45. The quantitative estimate of drug-likeness (QED) is 0.936. The zero-order valence-electron chi connectivity index (χ0n) is 11.7. The van der Waals surface area contributed by atoms with Crippen LogP contribution in [0, 0.1) is 0 Å². The van der Waals surface area contributed by atoms with E-state index in [9.17, 15) is 0 Å². The molecular formula is C16H20N2OS. The van der Waals surface area contributed by atoms with E-state index in [-0.39, 0.29) is 0 Å². The van der Waals surface area contributed by atoms with Gasteiger partial charge in [-0.3, -0.25) is 4.90 Å². The van der Waals surface area contributed by atoms with Gasteiger partial charge in [0.25, 0.3) is 0 Å². The second kappa shape index (κ2) is 6.39. The Morgan fingerprint density at radius 2 is 2.20 bits per heavy atom. The molecule has 106 valence electrons. The van der Waals surface area contributed by atoms with Gasteiger partial charge in [0.2, 0.25) is 0 Å². The fraction of sp³-hybridized carbons (Fsp3) is 0.375. The number of rotatable bonds is 4. The summed E-state index contributed by atoms with van der Waals surface area (Å²) >= 11 is 1.83. The Balaban J connectivity index is 1.84. The maximum absolute atomic E-state index is 5.53. The summed E-state index contributed by atoms with van der Waals surface area (Å²) in [5.74, 6) is 0.984. The topological polar surface area (TPSA) is 24.5 Å². The second-order valence-electron chi connectivity index (χ2n) is 5.01. The Morgan fingerprint density at radius 1 is 1.30 bits per heavy atom. The largest absolute Gasteiger partial charge is 0.496 e. The van der Waals surface area contributed by atoms with E-state index in [1.54, 1.807) is 7.11 Å². The van der Waals surface area contributed by atoms with Gasteiger partial charge >= 0.3 is 0 Å². The van der Waals surface area contributed by atoms with Gasteiger partial charge in [-0.1, -0.05) is 24.3 Å². The summed E-state index contributed by atoms with van der Waals surface area (Å²) in [6, 6.07) is 13.1. The highest BCUT2D eigenvalue weighted by Crippen LogP contribution is 2.31. The summed E-state index contributed by atoms with van der Waals surface area (Å²) in [4.78, 5) is 3.96. The zero-order valence-corrected chi connectivity index (χ0v) is 12.5. The summed E-state index contributed by atoms with van der Waals surface area (Å²) in [5, 5.41) is 5.65. The van der Waals surface area contributed by atoms with Crippen LogP contribution < -0.4 is 10.1 Å². The first-order valence-corrected chi connectivity index (χ1v) is 7.86. The first-order chi connectivity index (χ1) is 9.88. The molecule has 0 aliphatic carbocycles. The van der Waals surface area contributed by atoms with E-state index in [1.165, 1.54) is 10.4 Å². The van der Waals surface area contributed by atoms with E-state index in [0.717, 1.165) is 31.9 Å². The van der Waals surface area contributed by atoms with Gasteiger partial charge in [-0.25, -0.2) is 0 Å². The van der Waals surface area contributed by atoms with Crippen molar-refractivity contribution in [3.8, 4) is 5.75 Å². The molecule has 1 aliphatic rings. The molecule has 2 aromatic rings. The van der Waals surface area contributed by atoms with Gasteiger partial charge in [0, 0.05) is 36.6 Å². The lowest BCUT2D eigenvalue weighted by Gasteiger charge is -2.36. The molecule has 20 heavy (non-hydrogen) atoms. The standard InChI is InChI=1S/C16H20N2OS/c1-19-16-7-3-2-6-14(16)15-11-17-8-9-18(15)12-13-5-4-10-20-13/h2-7,10,15,17H,8-9,11-12H2,1H3. The van der Waals surface area contributed by atoms with Crippen LogP contribution in [0.25, 0.3) is 0 Å². The molecule has 1 fully saturated rings. The normalized spacial score (nSPS) is 19.9. The van der Waals surface area contributed by atoms with Crippen LogP contribution in [0.3, 0.4) is 0 Å². The predicted octanol–water partition coefficient (Wildman–Crippen LogP) is 2.90. The van der Waals surface area contributed by atoms with Crippen molar-refractivity contribution in [3.63, 3.8) is 0 Å².